The second-order valence-electron chi connectivity index (χ2n) is 2.93. The maximum atomic E-state index is 10.5. The fourth-order valence-corrected chi connectivity index (χ4v) is 1.08. The van der Waals surface area contributed by atoms with Gasteiger partial charge in [-0.05, 0) is 6.54 Å². The van der Waals surface area contributed by atoms with E-state index in [1.165, 1.54) is 0 Å². The molecule has 6 nitrogen and oxygen atoms in total. The Kier molecular flexibility index (Phi) is 3.58. The van der Waals surface area contributed by atoms with Crippen molar-refractivity contribution in [2.75, 3.05) is 13.1 Å². The summed E-state index contributed by atoms with van der Waals surface area (Å²) in [5.74, 6) is 0.157. The standard InChI is InChI=1S/C8H13N3O3/c1-3-11(5-8(12)13)4-7-9-6(2)14-10-7/h3-5H2,1-2H3,(H,12,13). The molecule has 0 spiro atoms. The van der Waals surface area contributed by atoms with Crippen molar-refractivity contribution in [1.82, 2.24) is 15.0 Å². The highest BCUT2D eigenvalue weighted by Gasteiger charge is 2.11. The molecule has 0 unspecified atom stereocenters. The number of aliphatic carboxylic acids is 1. The lowest BCUT2D eigenvalue weighted by atomic mass is 10.4. The summed E-state index contributed by atoms with van der Waals surface area (Å²) >= 11 is 0. The maximum absolute atomic E-state index is 10.5. The zero-order valence-electron chi connectivity index (χ0n) is 8.23. The molecule has 6 heteroatoms. The van der Waals surface area contributed by atoms with Gasteiger partial charge in [-0.1, -0.05) is 12.1 Å². The lowest BCUT2D eigenvalue weighted by Gasteiger charge is -2.14. The Morgan fingerprint density at radius 2 is 2.36 bits per heavy atom. The average molecular weight is 199 g/mol. The van der Waals surface area contributed by atoms with Crippen LogP contribution in [0.25, 0.3) is 0 Å². The Morgan fingerprint density at radius 1 is 1.64 bits per heavy atom. The summed E-state index contributed by atoms with van der Waals surface area (Å²) in [6.07, 6.45) is 0. The van der Waals surface area contributed by atoms with E-state index in [9.17, 15) is 4.79 Å². The smallest absolute Gasteiger partial charge is 0.317 e. The molecule has 1 aromatic rings. The van der Waals surface area contributed by atoms with E-state index in [2.05, 4.69) is 10.1 Å². The third-order valence-corrected chi connectivity index (χ3v) is 1.74. The van der Waals surface area contributed by atoms with E-state index in [-0.39, 0.29) is 6.54 Å². The minimum absolute atomic E-state index is 0.00983. The van der Waals surface area contributed by atoms with E-state index in [0.29, 0.717) is 24.8 Å². The number of carbonyl (C=O) groups is 1. The van der Waals surface area contributed by atoms with Gasteiger partial charge in [0.15, 0.2) is 5.82 Å². The second-order valence-corrected chi connectivity index (χ2v) is 2.93. The third kappa shape index (κ3) is 3.14. The average Bonchev–Trinajstić information content (AvgIpc) is 2.49. The first-order chi connectivity index (χ1) is 6.61. The molecule has 0 fully saturated rings. The predicted octanol–water partition coefficient (Wildman–Crippen LogP) is 0.285. The van der Waals surface area contributed by atoms with Gasteiger partial charge >= 0.3 is 5.97 Å². The number of carboxylic acid groups (broad SMARTS) is 1. The highest BCUT2D eigenvalue weighted by atomic mass is 16.5. The normalized spacial score (nSPS) is 10.8. The van der Waals surface area contributed by atoms with Crippen LogP contribution in [-0.2, 0) is 11.3 Å². The molecule has 0 saturated heterocycles. The predicted molar refractivity (Wildman–Crippen MR) is 47.6 cm³/mol. The highest BCUT2D eigenvalue weighted by molar-refractivity contribution is 5.69. The molecular weight excluding hydrogens is 186 g/mol. The molecule has 0 saturated carbocycles. The van der Waals surface area contributed by atoms with E-state index in [4.69, 9.17) is 9.63 Å². The molecule has 1 rings (SSSR count). The van der Waals surface area contributed by atoms with E-state index in [0.717, 1.165) is 0 Å². The second kappa shape index (κ2) is 4.71. The van der Waals surface area contributed by atoms with Crippen LogP contribution in [-0.4, -0.2) is 39.2 Å². The minimum Gasteiger partial charge on any atom is -0.480 e. The van der Waals surface area contributed by atoms with Gasteiger partial charge < -0.3 is 9.63 Å². The van der Waals surface area contributed by atoms with Crippen molar-refractivity contribution in [2.24, 2.45) is 0 Å². The molecule has 1 aromatic heterocycles. The Hall–Kier alpha value is -1.43. The molecule has 0 amide bonds. The van der Waals surface area contributed by atoms with Crippen LogP contribution in [0, 0.1) is 6.92 Å². The zero-order chi connectivity index (χ0) is 10.6. The van der Waals surface area contributed by atoms with Crippen molar-refractivity contribution in [3.63, 3.8) is 0 Å². The van der Waals surface area contributed by atoms with Crippen LogP contribution in [0.4, 0.5) is 0 Å². The summed E-state index contributed by atoms with van der Waals surface area (Å²) in [5.41, 5.74) is 0. The molecule has 78 valence electrons. The number of likely N-dealkylation sites (N-methyl/N-ethyl adjacent to an activating group) is 1. The summed E-state index contributed by atoms with van der Waals surface area (Å²) in [7, 11) is 0. The molecule has 0 aromatic carbocycles. The monoisotopic (exact) mass is 199 g/mol. The Balaban J connectivity index is 2.52. The van der Waals surface area contributed by atoms with Gasteiger partial charge in [0.25, 0.3) is 0 Å². The van der Waals surface area contributed by atoms with Gasteiger partial charge in [0.05, 0.1) is 13.1 Å². The van der Waals surface area contributed by atoms with Gasteiger partial charge in [-0.3, -0.25) is 9.69 Å². The van der Waals surface area contributed by atoms with Gasteiger partial charge in [-0.15, -0.1) is 0 Å². The lowest BCUT2D eigenvalue weighted by molar-refractivity contribution is -0.138. The molecule has 0 atom stereocenters. The van der Waals surface area contributed by atoms with E-state index >= 15 is 0 Å². The number of aromatic nitrogens is 2. The Bertz CT molecular complexity index is 311. The van der Waals surface area contributed by atoms with Gasteiger partial charge in [0.2, 0.25) is 5.89 Å². The Labute approximate surface area is 81.5 Å². The summed E-state index contributed by atoms with van der Waals surface area (Å²) in [6, 6.07) is 0. The van der Waals surface area contributed by atoms with Crippen LogP contribution >= 0.6 is 0 Å². The lowest BCUT2D eigenvalue weighted by Crippen LogP contribution is -2.29. The molecular formula is C8H13N3O3. The van der Waals surface area contributed by atoms with Gasteiger partial charge in [0.1, 0.15) is 0 Å². The summed E-state index contributed by atoms with van der Waals surface area (Å²) < 4.78 is 4.78. The van der Waals surface area contributed by atoms with Crippen LogP contribution in [0.2, 0.25) is 0 Å². The molecule has 1 heterocycles. The largest absolute Gasteiger partial charge is 0.480 e. The number of hydrogen-bond acceptors (Lipinski definition) is 5. The first-order valence-electron chi connectivity index (χ1n) is 4.35. The van der Waals surface area contributed by atoms with E-state index in [1.54, 1.807) is 11.8 Å². The number of nitrogens with zero attached hydrogens (tertiary/aromatic N) is 3. The first kappa shape index (κ1) is 10.6. The number of carboxylic acids is 1. The van der Waals surface area contributed by atoms with Crippen molar-refractivity contribution in [3.05, 3.63) is 11.7 Å². The molecule has 1 N–H and O–H groups in total. The van der Waals surface area contributed by atoms with E-state index in [1.807, 2.05) is 6.92 Å². The molecule has 0 aliphatic rings. The number of aryl methyl sites for hydroxylation is 1. The minimum atomic E-state index is -0.855. The molecule has 0 bridgehead atoms. The third-order valence-electron chi connectivity index (χ3n) is 1.74. The highest BCUT2D eigenvalue weighted by Crippen LogP contribution is 2.00. The van der Waals surface area contributed by atoms with Gasteiger partial charge in [0, 0.05) is 6.92 Å². The van der Waals surface area contributed by atoms with E-state index < -0.39 is 5.97 Å². The maximum Gasteiger partial charge on any atom is 0.317 e. The van der Waals surface area contributed by atoms with Crippen molar-refractivity contribution in [3.8, 4) is 0 Å². The summed E-state index contributed by atoms with van der Waals surface area (Å²) in [6.45, 7) is 4.62. The van der Waals surface area contributed by atoms with Crippen LogP contribution < -0.4 is 0 Å². The fourth-order valence-electron chi connectivity index (χ4n) is 1.08. The molecule has 0 aliphatic heterocycles. The van der Waals surface area contributed by atoms with Crippen LogP contribution in [0.3, 0.4) is 0 Å². The first-order valence-corrected chi connectivity index (χ1v) is 4.35. The van der Waals surface area contributed by atoms with Crippen LogP contribution in [0.1, 0.15) is 18.6 Å². The van der Waals surface area contributed by atoms with Crippen molar-refractivity contribution >= 4 is 5.97 Å². The quantitative estimate of drug-likeness (QED) is 0.734. The SMILES string of the molecule is CCN(CC(=O)O)Cc1noc(C)n1. The number of rotatable bonds is 5. The van der Waals surface area contributed by atoms with Crippen molar-refractivity contribution in [2.45, 2.75) is 20.4 Å². The van der Waals surface area contributed by atoms with Crippen LogP contribution in [0.5, 0.6) is 0 Å². The molecule has 0 radical (unpaired) electrons. The van der Waals surface area contributed by atoms with Gasteiger partial charge in [-0.25, -0.2) is 0 Å². The summed E-state index contributed by atoms with van der Waals surface area (Å²) in [4.78, 5) is 16.2. The van der Waals surface area contributed by atoms with Gasteiger partial charge in [-0.2, -0.15) is 4.98 Å². The molecule has 0 aliphatic carbocycles. The van der Waals surface area contributed by atoms with Crippen molar-refractivity contribution < 1.29 is 14.4 Å². The number of hydrogen-bond donors (Lipinski definition) is 1. The topological polar surface area (TPSA) is 79.5 Å². The van der Waals surface area contributed by atoms with Crippen LogP contribution in [0.15, 0.2) is 4.52 Å². The Morgan fingerprint density at radius 3 is 2.79 bits per heavy atom. The zero-order valence-corrected chi connectivity index (χ0v) is 8.23. The fraction of sp³-hybridized carbons (Fsp3) is 0.625. The van der Waals surface area contributed by atoms with Crippen molar-refractivity contribution in [1.29, 1.82) is 0 Å². The summed E-state index contributed by atoms with van der Waals surface area (Å²) in [5, 5.41) is 12.3. The molecule has 14 heavy (non-hydrogen) atoms.